The number of rotatable bonds is 18. The second kappa shape index (κ2) is 16.1. The predicted molar refractivity (Wildman–Crippen MR) is 126 cm³/mol. The van der Waals surface area contributed by atoms with Gasteiger partial charge in [-0.15, -0.1) is 0 Å². The minimum absolute atomic E-state index is 0.00620. The number of halogens is 2. The molecule has 1 aliphatic rings. The zero-order valence-corrected chi connectivity index (χ0v) is 20.9. The summed E-state index contributed by atoms with van der Waals surface area (Å²) in [6.45, 7) is 4.02. The molecule has 3 atom stereocenters. The zero-order valence-electron chi connectivity index (χ0n) is 20.9. The topological polar surface area (TPSA) is 89.9 Å². The summed E-state index contributed by atoms with van der Waals surface area (Å²) in [5.41, 5.74) is 0. The molecule has 0 heterocycles. The van der Waals surface area contributed by atoms with E-state index in [4.69, 9.17) is 9.47 Å². The van der Waals surface area contributed by atoms with Crippen LogP contribution in [0.15, 0.2) is 12.2 Å². The molecule has 0 spiro atoms. The summed E-state index contributed by atoms with van der Waals surface area (Å²) in [6, 6.07) is 0. The maximum Gasteiger partial charge on any atom is 0.309 e. The van der Waals surface area contributed by atoms with Gasteiger partial charge in [-0.2, -0.15) is 8.78 Å². The lowest BCUT2D eigenvalue weighted by Gasteiger charge is -2.18. The summed E-state index contributed by atoms with van der Waals surface area (Å²) in [5, 5.41) is 10.2. The molecule has 6 nitrogen and oxygen atoms in total. The Labute approximate surface area is 202 Å². The molecule has 1 fully saturated rings. The third-order valence-electron chi connectivity index (χ3n) is 6.17. The van der Waals surface area contributed by atoms with Gasteiger partial charge in [0.2, 0.25) is 5.78 Å². The number of aliphatic hydroxyl groups excluding tert-OH is 1. The summed E-state index contributed by atoms with van der Waals surface area (Å²) in [4.78, 5) is 35.8. The summed E-state index contributed by atoms with van der Waals surface area (Å²) in [6.07, 6.45) is 7.54. The quantitative estimate of drug-likeness (QED) is 0.162. The third kappa shape index (κ3) is 11.6. The molecule has 1 aliphatic carbocycles. The van der Waals surface area contributed by atoms with Crippen LogP contribution in [-0.4, -0.2) is 54.5 Å². The Morgan fingerprint density at radius 3 is 2.38 bits per heavy atom. The highest BCUT2D eigenvalue weighted by Gasteiger charge is 2.41. The first kappa shape index (κ1) is 30.4. The Morgan fingerprint density at radius 1 is 1.09 bits per heavy atom. The summed E-state index contributed by atoms with van der Waals surface area (Å²) >= 11 is 0. The molecule has 0 unspecified atom stereocenters. The first-order chi connectivity index (χ1) is 16.1. The monoisotopic (exact) mass is 488 g/mol. The van der Waals surface area contributed by atoms with E-state index in [-0.39, 0.29) is 30.7 Å². The number of carbonyl (C=O) groups is 3. The number of ether oxygens (including phenoxy) is 2. The van der Waals surface area contributed by atoms with Crippen LogP contribution >= 0.6 is 0 Å². The van der Waals surface area contributed by atoms with Crippen molar-refractivity contribution < 1.29 is 37.7 Å². The van der Waals surface area contributed by atoms with Crippen molar-refractivity contribution >= 4 is 17.5 Å². The van der Waals surface area contributed by atoms with Gasteiger partial charge in [-0.25, -0.2) is 0 Å². The average molecular weight is 489 g/mol. The van der Waals surface area contributed by atoms with Gasteiger partial charge in [-0.3, -0.25) is 14.4 Å². The van der Waals surface area contributed by atoms with E-state index in [1.54, 1.807) is 0 Å². The van der Waals surface area contributed by atoms with E-state index in [1.807, 2.05) is 13.8 Å². The van der Waals surface area contributed by atoms with Crippen LogP contribution in [0.2, 0.25) is 0 Å². The molecule has 1 rings (SSSR count). The molecule has 0 bridgehead atoms. The number of carbonyl (C=O) groups excluding carboxylic acids is 3. The smallest absolute Gasteiger partial charge is 0.309 e. The van der Waals surface area contributed by atoms with Gasteiger partial charge in [-0.05, 0) is 45.6 Å². The first-order valence-corrected chi connectivity index (χ1v) is 12.6. The van der Waals surface area contributed by atoms with Gasteiger partial charge in [-0.1, -0.05) is 38.2 Å². The van der Waals surface area contributed by atoms with Crippen LogP contribution in [0.1, 0.15) is 90.9 Å². The van der Waals surface area contributed by atoms with Gasteiger partial charge in [0.25, 0.3) is 0 Å². The van der Waals surface area contributed by atoms with Gasteiger partial charge in [0.15, 0.2) is 0 Å². The first-order valence-electron chi connectivity index (χ1n) is 12.6. The van der Waals surface area contributed by atoms with Crippen molar-refractivity contribution in [2.75, 3.05) is 13.7 Å². The van der Waals surface area contributed by atoms with Gasteiger partial charge >= 0.3 is 11.9 Å². The Hall–Kier alpha value is -1.67. The molecule has 0 aromatic carbocycles. The number of hydrogen-bond acceptors (Lipinski definition) is 6. The highest BCUT2D eigenvalue weighted by Crippen LogP contribution is 2.35. The zero-order chi connectivity index (χ0) is 25.6. The van der Waals surface area contributed by atoms with E-state index in [0.29, 0.717) is 25.9 Å². The van der Waals surface area contributed by atoms with Crippen molar-refractivity contribution in [3.63, 3.8) is 0 Å². The summed E-state index contributed by atoms with van der Waals surface area (Å²) < 4.78 is 38.1. The molecular weight excluding hydrogens is 446 g/mol. The second-order valence-electron chi connectivity index (χ2n) is 9.50. The largest absolute Gasteiger partial charge is 0.463 e. The van der Waals surface area contributed by atoms with E-state index in [1.165, 1.54) is 13.2 Å². The average Bonchev–Trinajstić information content (AvgIpc) is 3.02. The number of aliphatic hydroxyl groups is 1. The fourth-order valence-electron chi connectivity index (χ4n) is 4.29. The van der Waals surface area contributed by atoms with Crippen molar-refractivity contribution in [2.45, 2.75) is 109 Å². The highest BCUT2D eigenvalue weighted by molar-refractivity contribution is 5.95. The van der Waals surface area contributed by atoms with Gasteiger partial charge in [0, 0.05) is 44.8 Å². The lowest BCUT2D eigenvalue weighted by molar-refractivity contribution is -0.147. The second-order valence-corrected chi connectivity index (χ2v) is 9.50. The molecule has 196 valence electrons. The fraction of sp³-hybridized carbons (Fsp3) is 0.808. The van der Waals surface area contributed by atoms with Crippen LogP contribution < -0.4 is 0 Å². The minimum atomic E-state index is -3.46. The van der Waals surface area contributed by atoms with E-state index in [2.05, 4.69) is 0 Å². The van der Waals surface area contributed by atoms with E-state index in [0.717, 1.165) is 44.6 Å². The lowest BCUT2D eigenvalue weighted by atomic mass is 9.88. The van der Waals surface area contributed by atoms with E-state index >= 15 is 0 Å². The minimum Gasteiger partial charge on any atom is -0.463 e. The normalized spacial score (nSPS) is 21.0. The van der Waals surface area contributed by atoms with Crippen molar-refractivity contribution in [2.24, 2.45) is 11.8 Å². The van der Waals surface area contributed by atoms with Crippen LogP contribution in [0.25, 0.3) is 0 Å². The molecule has 8 heteroatoms. The van der Waals surface area contributed by atoms with E-state index < -0.39 is 36.1 Å². The Morgan fingerprint density at radius 2 is 1.74 bits per heavy atom. The number of hydrogen-bond donors (Lipinski definition) is 1. The number of ketones is 2. The highest BCUT2D eigenvalue weighted by atomic mass is 19.3. The van der Waals surface area contributed by atoms with Crippen LogP contribution in [0, 0.1) is 11.8 Å². The standard InChI is InChI=1S/C26H42F2O6/c1-19(2)34-25(32)13-9-7-5-4-6-8-12-20-21(23(30)18-22(20)29)14-15-24(31)26(27,28)16-10-11-17-33-3/h14-15,19-21,23,30H,4-13,16-18H2,1-3H3/b15-14+/t20-,21-,23-/m1/s1. The number of Topliss-reactive ketones (excluding diaryl/α,β-unsaturated/α-hetero) is 1. The van der Waals surface area contributed by atoms with Crippen LogP contribution in [0.4, 0.5) is 8.78 Å². The Kier molecular flexibility index (Phi) is 14.4. The SMILES string of the molecule is COCCCCC(F)(F)C(=O)/C=C/[C@H]1[C@H](O)CC(=O)[C@@H]1CCCCCCCCC(=O)OC(C)C. The Bertz CT molecular complexity index is 662. The summed E-state index contributed by atoms with van der Waals surface area (Å²) in [7, 11) is 1.49. The van der Waals surface area contributed by atoms with Crippen molar-refractivity contribution in [3.8, 4) is 0 Å². The number of unbranched alkanes of at least 4 members (excludes halogenated alkanes) is 6. The molecule has 0 aromatic heterocycles. The number of alkyl halides is 2. The maximum absolute atomic E-state index is 14.1. The summed E-state index contributed by atoms with van der Waals surface area (Å²) in [5.74, 6) is -6.04. The molecular formula is C26H42F2O6. The van der Waals surface area contributed by atoms with Crippen molar-refractivity contribution in [1.82, 2.24) is 0 Å². The van der Waals surface area contributed by atoms with E-state index in [9.17, 15) is 28.3 Å². The molecule has 34 heavy (non-hydrogen) atoms. The number of allylic oxidation sites excluding steroid dienone is 1. The molecule has 0 amide bonds. The van der Waals surface area contributed by atoms with Crippen molar-refractivity contribution in [3.05, 3.63) is 12.2 Å². The predicted octanol–water partition coefficient (Wildman–Crippen LogP) is 5.20. The van der Waals surface area contributed by atoms with Crippen LogP contribution in [0.5, 0.6) is 0 Å². The molecule has 0 saturated heterocycles. The third-order valence-corrected chi connectivity index (χ3v) is 6.17. The van der Waals surface area contributed by atoms with Crippen LogP contribution in [-0.2, 0) is 23.9 Å². The van der Waals surface area contributed by atoms with Crippen LogP contribution in [0.3, 0.4) is 0 Å². The lowest BCUT2D eigenvalue weighted by Crippen LogP contribution is -2.27. The molecule has 0 aliphatic heterocycles. The molecule has 1 N–H and O–H groups in total. The van der Waals surface area contributed by atoms with Gasteiger partial charge in [0.05, 0.1) is 12.2 Å². The maximum atomic E-state index is 14.1. The van der Waals surface area contributed by atoms with Crippen molar-refractivity contribution in [1.29, 1.82) is 0 Å². The molecule has 0 aromatic rings. The Balaban J connectivity index is 2.38. The number of methoxy groups -OCH3 is 1. The van der Waals surface area contributed by atoms with Gasteiger partial charge < -0.3 is 14.6 Å². The molecule has 0 radical (unpaired) electrons. The molecule has 1 saturated carbocycles. The fourth-order valence-corrected chi connectivity index (χ4v) is 4.29. The van der Waals surface area contributed by atoms with Gasteiger partial charge in [0.1, 0.15) is 5.78 Å². The number of esters is 1.